The lowest BCUT2D eigenvalue weighted by Crippen LogP contribution is -2.41. The van der Waals surface area contributed by atoms with Gasteiger partial charge in [-0.2, -0.15) is 0 Å². The van der Waals surface area contributed by atoms with E-state index in [-0.39, 0.29) is 18.1 Å². The van der Waals surface area contributed by atoms with Crippen molar-refractivity contribution in [3.8, 4) is 5.88 Å². The predicted octanol–water partition coefficient (Wildman–Crippen LogP) is 3.35. The van der Waals surface area contributed by atoms with Crippen LogP contribution in [-0.4, -0.2) is 47.1 Å². The lowest BCUT2D eigenvalue weighted by Gasteiger charge is -2.11. The van der Waals surface area contributed by atoms with Crippen molar-refractivity contribution < 1.29 is 19.1 Å². The quantitative estimate of drug-likeness (QED) is 0.192. The molecule has 4 aromatic rings. The Morgan fingerprint density at radius 2 is 1.76 bits per heavy atom. The van der Waals surface area contributed by atoms with Crippen LogP contribution in [0.5, 0.6) is 5.88 Å². The standard InChI is InChI=1S/C24H23N5O4S/c1-32-13-14-33-23-18(5-4-12-25-23)22(31)29-28-21(30)17-10-8-16(9-11-17)15-34-24-26-19-6-2-3-7-20(19)27-24/h2-12H,13-15H2,1H3,(H,26,27)(H,28,30)(H,29,31). The fourth-order valence-electron chi connectivity index (χ4n) is 3.06. The summed E-state index contributed by atoms with van der Waals surface area (Å²) in [5, 5.41) is 0.840. The molecule has 2 aromatic heterocycles. The molecule has 0 bridgehead atoms. The molecule has 0 spiro atoms. The SMILES string of the molecule is COCCOc1ncccc1C(=O)NNC(=O)c1ccc(CSc2nc3ccccc3[nH]2)cc1. The number of nitrogens with one attached hydrogen (secondary N) is 3. The molecule has 174 valence electrons. The van der Waals surface area contributed by atoms with Gasteiger partial charge in [-0.15, -0.1) is 0 Å². The van der Waals surface area contributed by atoms with E-state index in [2.05, 4.69) is 25.8 Å². The molecule has 2 aromatic carbocycles. The predicted molar refractivity (Wildman–Crippen MR) is 129 cm³/mol. The van der Waals surface area contributed by atoms with Crippen LogP contribution in [0.15, 0.2) is 72.0 Å². The van der Waals surface area contributed by atoms with Gasteiger partial charge in [0, 0.05) is 24.6 Å². The third-order valence-corrected chi connectivity index (χ3v) is 5.74. The molecule has 0 unspecified atom stereocenters. The number of ether oxygens (including phenoxy) is 2. The second-order valence-electron chi connectivity index (χ2n) is 7.15. The number of hydrazine groups is 1. The first kappa shape index (κ1) is 23.3. The number of imidazole rings is 1. The highest BCUT2D eigenvalue weighted by Gasteiger charge is 2.15. The average Bonchev–Trinajstić information content (AvgIpc) is 3.30. The number of carbonyl (C=O) groups is 2. The summed E-state index contributed by atoms with van der Waals surface area (Å²) in [6.45, 7) is 0.613. The van der Waals surface area contributed by atoms with Gasteiger partial charge in [0.15, 0.2) is 5.16 Å². The summed E-state index contributed by atoms with van der Waals surface area (Å²) < 4.78 is 10.4. The van der Waals surface area contributed by atoms with Crippen molar-refractivity contribution in [3.05, 3.63) is 83.6 Å². The van der Waals surface area contributed by atoms with Gasteiger partial charge in [0.2, 0.25) is 5.88 Å². The van der Waals surface area contributed by atoms with E-state index in [1.54, 1.807) is 43.1 Å². The van der Waals surface area contributed by atoms with E-state index in [9.17, 15) is 9.59 Å². The number of carbonyl (C=O) groups excluding carboxylic acids is 2. The zero-order chi connectivity index (χ0) is 23.8. The van der Waals surface area contributed by atoms with E-state index in [0.717, 1.165) is 21.8 Å². The second-order valence-corrected chi connectivity index (χ2v) is 8.11. The van der Waals surface area contributed by atoms with Crippen molar-refractivity contribution in [1.82, 2.24) is 25.8 Å². The molecule has 3 N–H and O–H groups in total. The maximum absolute atomic E-state index is 12.5. The number of pyridine rings is 1. The third-order valence-electron chi connectivity index (χ3n) is 4.79. The molecular weight excluding hydrogens is 454 g/mol. The summed E-state index contributed by atoms with van der Waals surface area (Å²) in [5.41, 5.74) is 8.41. The lowest BCUT2D eigenvalue weighted by molar-refractivity contribution is 0.0842. The molecule has 0 fully saturated rings. The highest BCUT2D eigenvalue weighted by atomic mass is 32.2. The van der Waals surface area contributed by atoms with Gasteiger partial charge in [0.25, 0.3) is 11.8 Å². The Hall–Kier alpha value is -3.89. The molecule has 34 heavy (non-hydrogen) atoms. The summed E-state index contributed by atoms with van der Waals surface area (Å²) in [4.78, 5) is 36.8. The van der Waals surface area contributed by atoms with Crippen molar-refractivity contribution in [2.45, 2.75) is 10.9 Å². The van der Waals surface area contributed by atoms with Crippen LogP contribution in [0, 0.1) is 0 Å². The van der Waals surface area contributed by atoms with Crippen LogP contribution >= 0.6 is 11.8 Å². The van der Waals surface area contributed by atoms with Crippen LogP contribution in [0.1, 0.15) is 26.3 Å². The Balaban J connectivity index is 1.29. The number of hydrogen-bond donors (Lipinski definition) is 3. The number of aromatic nitrogens is 3. The topological polar surface area (TPSA) is 118 Å². The molecule has 0 aliphatic heterocycles. The molecule has 2 heterocycles. The number of rotatable bonds is 9. The molecule has 4 rings (SSSR count). The monoisotopic (exact) mass is 477 g/mol. The van der Waals surface area contributed by atoms with E-state index < -0.39 is 11.8 Å². The van der Waals surface area contributed by atoms with Crippen LogP contribution in [0.4, 0.5) is 0 Å². The van der Waals surface area contributed by atoms with Gasteiger partial charge in [0.1, 0.15) is 12.2 Å². The van der Waals surface area contributed by atoms with E-state index in [1.165, 1.54) is 6.20 Å². The minimum atomic E-state index is -0.535. The molecule has 0 atom stereocenters. The molecule has 10 heteroatoms. The number of thioether (sulfide) groups is 1. The number of benzene rings is 2. The maximum atomic E-state index is 12.5. The van der Waals surface area contributed by atoms with Crippen molar-refractivity contribution in [1.29, 1.82) is 0 Å². The summed E-state index contributed by atoms with van der Waals surface area (Å²) in [6.07, 6.45) is 1.52. The van der Waals surface area contributed by atoms with E-state index in [4.69, 9.17) is 9.47 Å². The number of methoxy groups -OCH3 is 1. The largest absolute Gasteiger partial charge is 0.475 e. The van der Waals surface area contributed by atoms with Gasteiger partial charge in [-0.25, -0.2) is 9.97 Å². The van der Waals surface area contributed by atoms with Gasteiger partial charge in [0.05, 0.1) is 17.6 Å². The smallest absolute Gasteiger partial charge is 0.275 e. The van der Waals surface area contributed by atoms with E-state index >= 15 is 0 Å². The number of fused-ring (bicyclic) bond motifs is 1. The Kier molecular flexibility index (Phi) is 7.74. The van der Waals surface area contributed by atoms with Crippen molar-refractivity contribution in [3.63, 3.8) is 0 Å². The average molecular weight is 478 g/mol. The summed E-state index contributed by atoms with van der Waals surface area (Å²) >= 11 is 1.58. The minimum absolute atomic E-state index is 0.164. The highest BCUT2D eigenvalue weighted by molar-refractivity contribution is 7.98. The molecule has 0 aliphatic carbocycles. The Morgan fingerprint density at radius 3 is 2.56 bits per heavy atom. The van der Waals surface area contributed by atoms with Gasteiger partial charge in [-0.05, 0) is 42.0 Å². The fraction of sp³-hybridized carbons (Fsp3) is 0.167. The molecule has 0 saturated carbocycles. The van der Waals surface area contributed by atoms with Gasteiger partial charge >= 0.3 is 0 Å². The number of aromatic amines is 1. The number of amides is 2. The molecule has 2 amide bonds. The van der Waals surface area contributed by atoms with Gasteiger partial charge in [-0.3, -0.25) is 20.4 Å². The number of hydrogen-bond acceptors (Lipinski definition) is 7. The van der Waals surface area contributed by atoms with Crippen LogP contribution in [-0.2, 0) is 10.5 Å². The second kappa shape index (κ2) is 11.3. The summed E-state index contributed by atoms with van der Waals surface area (Å²) in [6, 6.07) is 18.2. The summed E-state index contributed by atoms with van der Waals surface area (Å²) in [5.74, 6) is -0.105. The fourth-order valence-corrected chi connectivity index (χ4v) is 3.90. The first-order chi connectivity index (χ1) is 16.6. The number of para-hydroxylation sites is 2. The molecule has 0 radical (unpaired) electrons. The van der Waals surface area contributed by atoms with Crippen LogP contribution in [0.25, 0.3) is 11.0 Å². The third kappa shape index (κ3) is 5.91. The molecule has 0 saturated heterocycles. The van der Waals surface area contributed by atoms with Crippen molar-refractivity contribution >= 4 is 34.6 Å². The van der Waals surface area contributed by atoms with Crippen molar-refractivity contribution in [2.75, 3.05) is 20.3 Å². The van der Waals surface area contributed by atoms with Crippen molar-refractivity contribution in [2.24, 2.45) is 0 Å². The molecule has 0 aliphatic rings. The number of H-pyrrole nitrogens is 1. The number of nitrogens with zero attached hydrogens (tertiary/aromatic N) is 2. The Bertz CT molecular complexity index is 1240. The van der Waals surface area contributed by atoms with Crippen LogP contribution < -0.4 is 15.6 Å². The van der Waals surface area contributed by atoms with E-state index in [1.807, 2.05) is 36.4 Å². The normalized spacial score (nSPS) is 10.7. The Labute approximate surface area is 200 Å². The maximum Gasteiger partial charge on any atom is 0.275 e. The molecule has 9 nitrogen and oxygen atoms in total. The lowest BCUT2D eigenvalue weighted by atomic mass is 10.1. The van der Waals surface area contributed by atoms with Crippen LogP contribution in [0.3, 0.4) is 0 Å². The van der Waals surface area contributed by atoms with Gasteiger partial charge in [-0.1, -0.05) is 36.0 Å². The Morgan fingerprint density at radius 1 is 0.971 bits per heavy atom. The van der Waals surface area contributed by atoms with E-state index in [0.29, 0.717) is 17.9 Å². The van der Waals surface area contributed by atoms with Gasteiger partial charge < -0.3 is 14.5 Å². The molecular formula is C24H23N5O4S. The summed E-state index contributed by atoms with van der Waals surface area (Å²) in [7, 11) is 1.55. The highest BCUT2D eigenvalue weighted by Crippen LogP contribution is 2.23. The zero-order valence-corrected chi connectivity index (χ0v) is 19.2. The first-order valence-corrected chi connectivity index (χ1v) is 11.5. The minimum Gasteiger partial charge on any atom is -0.475 e. The van der Waals surface area contributed by atoms with Crippen LogP contribution in [0.2, 0.25) is 0 Å². The zero-order valence-electron chi connectivity index (χ0n) is 18.4. The first-order valence-electron chi connectivity index (χ1n) is 10.5.